The van der Waals surface area contributed by atoms with Crippen LogP contribution in [0.25, 0.3) is 0 Å². The highest BCUT2D eigenvalue weighted by Gasteiger charge is 2.31. The maximum Gasteiger partial charge on any atom is 0.223 e. The van der Waals surface area contributed by atoms with E-state index in [0.717, 1.165) is 16.9 Å². The first-order valence-corrected chi connectivity index (χ1v) is 11.4. The van der Waals surface area contributed by atoms with Crippen LogP contribution >= 0.6 is 0 Å². The number of para-hydroxylation sites is 3. The Hall–Kier alpha value is -3.99. The van der Waals surface area contributed by atoms with Crippen LogP contribution in [0.4, 0.5) is 11.4 Å². The second-order valence-electron chi connectivity index (χ2n) is 8.19. The van der Waals surface area contributed by atoms with Gasteiger partial charge in [-0.25, -0.2) is 0 Å². The molecule has 0 aliphatic carbocycles. The average molecular weight is 461 g/mol. The van der Waals surface area contributed by atoms with Gasteiger partial charge in [0.05, 0.1) is 11.4 Å². The summed E-state index contributed by atoms with van der Waals surface area (Å²) in [6.07, 6.45) is -0.00977. The van der Waals surface area contributed by atoms with E-state index in [1.165, 1.54) is 0 Å². The van der Waals surface area contributed by atoms with Crippen molar-refractivity contribution in [3.8, 4) is 17.6 Å². The second-order valence-corrected chi connectivity index (χ2v) is 8.19. The van der Waals surface area contributed by atoms with Gasteiger partial charge in [0.25, 0.3) is 0 Å². The lowest BCUT2D eigenvalue weighted by molar-refractivity contribution is -0.133. The number of ether oxygens (including phenoxy) is 2. The molecule has 34 heavy (non-hydrogen) atoms. The SMILES string of the molecule is CCN(Cc1cccc2c1OCCO2)C(=O)CCC(=O)C(C#N)=C1N(C)c2ccccc2N1C. The number of Topliss-reactive ketones (excluding diaryl/α,β-unsaturated/α-hetero) is 1. The van der Waals surface area contributed by atoms with Gasteiger partial charge in [-0.2, -0.15) is 5.26 Å². The number of hydrogen-bond acceptors (Lipinski definition) is 7. The lowest BCUT2D eigenvalue weighted by atomic mass is 10.1. The summed E-state index contributed by atoms with van der Waals surface area (Å²) in [4.78, 5) is 31.4. The summed E-state index contributed by atoms with van der Waals surface area (Å²) in [6.45, 7) is 3.72. The Bertz CT molecular complexity index is 1150. The number of anilines is 2. The van der Waals surface area contributed by atoms with Gasteiger partial charge < -0.3 is 24.2 Å². The molecule has 0 saturated carbocycles. The van der Waals surface area contributed by atoms with E-state index >= 15 is 0 Å². The topological polar surface area (TPSA) is 86.1 Å². The van der Waals surface area contributed by atoms with Crippen LogP contribution < -0.4 is 19.3 Å². The number of carbonyl (C=O) groups excluding carboxylic acids is 2. The largest absolute Gasteiger partial charge is 0.486 e. The van der Waals surface area contributed by atoms with E-state index in [4.69, 9.17) is 9.47 Å². The van der Waals surface area contributed by atoms with Crippen molar-refractivity contribution in [3.63, 3.8) is 0 Å². The van der Waals surface area contributed by atoms with Crippen molar-refractivity contribution in [2.24, 2.45) is 0 Å². The highest BCUT2D eigenvalue weighted by Crippen LogP contribution is 2.40. The summed E-state index contributed by atoms with van der Waals surface area (Å²) in [5, 5.41) is 9.80. The van der Waals surface area contributed by atoms with E-state index in [0.29, 0.717) is 43.6 Å². The zero-order valence-corrected chi connectivity index (χ0v) is 19.7. The van der Waals surface area contributed by atoms with E-state index in [1.807, 2.05) is 73.3 Å². The molecule has 2 aliphatic rings. The Morgan fingerprint density at radius 1 is 1.00 bits per heavy atom. The Morgan fingerprint density at radius 3 is 2.32 bits per heavy atom. The van der Waals surface area contributed by atoms with Crippen molar-refractivity contribution >= 4 is 23.1 Å². The molecule has 0 bridgehead atoms. The number of ketones is 1. The van der Waals surface area contributed by atoms with E-state index < -0.39 is 0 Å². The molecule has 176 valence electrons. The maximum atomic E-state index is 13.0. The minimum absolute atomic E-state index is 0.0257. The molecule has 2 aliphatic heterocycles. The van der Waals surface area contributed by atoms with Crippen molar-refractivity contribution in [1.82, 2.24) is 4.90 Å². The first-order chi connectivity index (χ1) is 16.5. The van der Waals surface area contributed by atoms with Crippen molar-refractivity contribution in [3.05, 3.63) is 59.4 Å². The smallest absolute Gasteiger partial charge is 0.223 e. The normalized spacial score (nSPS) is 13.9. The van der Waals surface area contributed by atoms with Crippen LogP contribution in [0.2, 0.25) is 0 Å². The number of carbonyl (C=O) groups is 2. The zero-order chi connectivity index (χ0) is 24.2. The monoisotopic (exact) mass is 460 g/mol. The third-order valence-corrected chi connectivity index (χ3v) is 6.16. The highest BCUT2D eigenvalue weighted by molar-refractivity contribution is 6.03. The summed E-state index contributed by atoms with van der Waals surface area (Å²) < 4.78 is 11.4. The Balaban J connectivity index is 1.45. The van der Waals surface area contributed by atoms with Gasteiger partial charge in [0.15, 0.2) is 17.3 Å². The Kier molecular flexibility index (Phi) is 6.73. The lowest BCUT2D eigenvalue weighted by Crippen LogP contribution is -2.31. The van der Waals surface area contributed by atoms with E-state index in [9.17, 15) is 14.9 Å². The molecule has 2 aromatic rings. The lowest BCUT2D eigenvalue weighted by Gasteiger charge is -2.25. The molecule has 0 aromatic heterocycles. The van der Waals surface area contributed by atoms with Gasteiger partial charge in [-0.1, -0.05) is 24.3 Å². The van der Waals surface area contributed by atoms with Gasteiger partial charge in [-0.15, -0.1) is 0 Å². The van der Waals surface area contributed by atoms with Gasteiger partial charge in [-0.3, -0.25) is 9.59 Å². The van der Waals surface area contributed by atoms with Crippen molar-refractivity contribution in [2.75, 3.05) is 43.7 Å². The fraction of sp³-hybridized carbons (Fsp3) is 0.346. The molecule has 2 heterocycles. The number of nitriles is 1. The molecular formula is C26H28N4O4. The molecule has 0 spiro atoms. The van der Waals surface area contributed by atoms with Crippen LogP contribution in [0, 0.1) is 11.3 Å². The highest BCUT2D eigenvalue weighted by atomic mass is 16.6. The van der Waals surface area contributed by atoms with Crippen LogP contribution in [0.15, 0.2) is 53.9 Å². The first kappa shape index (κ1) is 23.2. The van der Waals surface area contributed by atoms with Crippen molar-refractivity contribution in [1.29, 1.82) is 5.26 Å². The van der Waals surface area contributed by atoms with E-state index in [1.54, 1.807) is 4.90 Å². The number of hydrogen-bond donors (Lipinski definition) is 0. The van der Waals surface area contributed by atoms with Crippen LogP contribution in [0.5, 0.6) is 11.5 Å². The summed E-state index contributed by atoms with van der Waals surface area (Å²) in [7, 11) is 3.66. The Morgan fingerprint density at radius 2 is 1.68 bits per heavy atom. The van der Waals surface area contributed by atoms with Crippen molar-refractivity contribution < 1.29 is 19.1 Å². The van der Waals surface area contributed by atoms with Crippen LogP contribution in [-0.4, -0.2) is 50.4 Å². The summed E-state index contributed by atoms with van der Waals surface area (Å²) in [6, 6.07) is 15.4. The number of benzene rings is 2. The first-order valence-electron chi connectivity index (χ1n) is 11.4. The maximum absolute atomic E-state index is 13.0. The van der Waals surface area contributed by atoms with Crippen LogP contribution in [-0.2, 0) is 16.1 Å². The number of allylic oxidation sites excluding steroid dienone is 1. The van der Waals surface area contributed by atoms with Crippen LogP contribution in [0.3, 0.4) is 0 Å². The summed E-state index contributed by atoms with van der Waals surface area (Å²) >= 11 is 0. The molecule has 0 fully saturated rings. The standard InChI is InChI=1S/C26H28N4O4/c1-4-30(17-18-8-7-11-23-25(18)34-15-14-33-23)24(32)13-12-22(31)19(16-27)26-28(2)20-9-5-6-10-21(20)29(26)3/h5-11H,4,12-15,17H2,1-3H3. The third kappa shape index (κ3) is 4.29. The molecule has 2 aromatic carbocycles. The molecule has 0 atom stereocenters. The second kappa shape index (κ2) is 9.87. The zero-order valence-electron chi connectivity index (χ0n) is 19.7. The number of fused-ring (bicyclic) bond motifs is 2. The number of amides is 1. The molecule has 0 N–H and O–H groups in total. The summed E-state index contributed by atoms with van der Waals surface area (Å²) in [5.41, 5.74) is 2.77. The number of nitrogens with zero attached hydrogens (tertiary/aromatic N) is 4. The predicted molar refractivity (Wildman–Crippen MR) is 129 cm³/mol. The fourth-order valence-corrected chi connectivity index (χ4v) is 4.40. The quantitative estimate of drug-likeness (QED) is 0.462. The third-order valence-electron chi connectivity index (χ3n) is 6.16. The molecule has 0 unspecified atom stereocenters. The minimum Gasteiger partial charge on any atom is -0.486 e. The summed E-state index contributed by atoms with van der Waals surface area (Å²) in [5.74, 6) is 1.38. The molecule has 8 heteroatoms. The van der Waals surface area contributed by atoms with Crippen LogP contribution in [0.1, 0.15) is 25.3 Å². The van der Waals surface area contributed by atoms with Gasteiger partial charge in [0.1, 0.15) is 30.7 Å². The Labute approximate surface area is 199 Å². The predicted octanol–water partition coefficient (Wildman–Crippen LogP) is 3.48. The molecule has 4 rings (SSSR count). The minimum atomic E-state index is -0.345. The van der Waals surface area contributed by atoms with Gasteiger partial charge in [0, 0.05) is 45.6 Å². The molecule has 0 saturated heterocycles. The average Bonchev–Trinajstić information content (AvgIpc) is 3.12. The van der Waals surface area contributed by atoms with Gasteiger partial charge in [0.2, 0.25) is 5.91 Å². The number of rotatable bonds is 7. The fourth-order valence-electron chi connectivity index (χ4n) is 4.40. The van der Waals surface area contributed by atoms with Gasteiger partial charge >= 0.3 is 0 Å². The molecule has 0 radical (unpaired) electrons. The molecule has 1 amide bonds. The van der Waals surface area contributed by atoms with E-state index in [2.05, 4.69) is 6.07 Å². The molecular weight excluding hydrogens is 432 g/mol. The van der Waals surface area contributed by atoms with Gasteiger partial charge in [-0.05, 0) is 25.1 Å². The molecule has 8 nitrogen and oxygen atoms in total. The van der Waals surface area contributed by atoms with E-state index in [-0.39, 0.29) is 30.1 Å². The van der Waals surface area contributed by atoms with Crippen molar-refractivity contribution in [2.45, 2.75) is 26.3 Å².